The number of rotatable bonds is 2. The first kappa shape index (κ1) is 10.0. The second-order valence-electron chi connectivity index (χ2n) is 3.85. The van der Waals surface area contributed by atoms with E-state index in [1.54, 1.807) is 17.0 Å². The van der Waals surface area contributed by atoms with Crippen molar-refractivity contribution < 1.29 is 9.90 Å². The molecule has 1 amide bonds. The molecule has 0 saturated carbocycles. The fourth-order valence-electron chi connectivity index (χ4n) is 1.66. The molecular weight excluding hydrogens is 190 g/mol. The van der Waals surface area contributed by atoms with Gasteiger partial charge in [0.15, 0.2) is 0 Å². The van der Waals surface area contributed by atoms with E-state index in [9.17, 15) is 9.90 Å². The van der Waals surface area contributed by atoms with E-state index < -0.39 is 0 Å². The molecule has 1 aromatic rings. The van der Waals surface area contributed by atoms with Crippen LogP contribution < -0.4 is 0 Å². The van der Waals surface area contributed by atoms with Gasteiger partial charge >= 0.3 is 0 Å². The Hall–Kier alpha value is -1.51. The van der Waals surface area contributed by atoms with Gasteiger partial charge in [-0.15, -0.1) is 0 Å². The fourth-order valence-corrected chi connectivity index (χ4v) is 1.66. The minimum Gasteiger partial charge on any atom is -0.507 e. The lowest BCUT2D eigenvalue weighted by molar-refractivity contribution is 0.0648. The molecule has 1 aliphatic heterocycles. The van der Waals surface area contributed by atoms with Crippen molar-refractivity contribution in [3.8, 4) is 5.75 Å². The number of likely N-dealkylation sites (tertiary alicyclic amines) is 1. The van der Waals surface area contributed by atoms with Gasteiger partial charge < -0.3 is 10.0 Å². The lowest BCUT2D eigenvalue weighted by Crippen LogP contribution is -2.42. The van der Waals surface area contributed by atoms with E-state index in [4.69, 9.17) is 0 Å². The highest BCUT2D eigenvalue weighted by molar-refractivity contribution is 5.97. The third-order valence-corrected chi connectivity index (χ3v) is 2.84. The van der Waals surface area contributed by atoms with E-state index in [-0.39, 0.29) is 11.7 Å². The van der Waals surface area contributed by atoms with Gasteiger partial charge in [-0.05, 0) is 30.5 Å². The van der Waals surface area contributed by atoms with Crippen molar-refractivity contribution in [2.45, 2.75) is 19.8 Å². The highest BCUT2D eigenvalue weighted by atomic mass is 16.3. The van der Waals surface area contributed by atoms with Gasteiger partial charge in [0, 0.05) is 13.1 Å². The van der Waals surface area contributed by atoms with Gasteiger partial charge in [0.1, 0.15) is 5.75 Å². The summed E-state index contributed by atoms with van der Waals surface area (Å²) in [6, 6.07) is 5.24. The van der Waals surface area contributed by atoms with Gasteiger partial charge in [0.05, 0.1) is 5.56 Å². The van der Waals surface area contributed by atoms with Crippen molar-refractivity contribution >= 4 is 5.91 Å². The largest absolute Gasteiger partial charge is 0.507 e. The van der Waals surface area contributed by atoms with Crippen LogP contribution in [0.15, 0.2) is 18.2 Å². The molecule has 2 rings (SSSR count). The number of carbonyl (C=O) groups is 1. The van der Waals surface area contributed by atoms with Crippen molar-refractivity contribution in [1.29, 1.82) is 0 Å². The predicted octanol–water partition coefficient (Wildman–Crippen LogP) is 1.80. The number of phenols is 1. The normalized spacial score (nSPS) is 14.9. The van der Waals surface area contributed by atoms with Crippen LogP contribution in [0.4, 0.5) is 0 Å². The number of aromatic hydroxyl groups is 1. The predicted molar refractivity (Wildman–Crippen MR) is 58.0 cm³/mol. The van der Waals surface area contributed by atoms with Crippen LogP contribution in [0.5, 0.6) is 5.75 Å². The third kappa shape index (κ3) is 1.82. The van der Waals surface area contributed by atoms with Gasteiger partial charge in [-0.3, -0.25) is 4.79 Å². The summed E-state index contributed by atoms with van der Waals surface area (Å²) in [5.41, 5.74) is 1.52. The number of hydrogen-bond acceptors (Lipinski definition) is 2. The van der Waals surface area contributed by atoms with Crippen molar-refractivity contribution in [2.24, 2.45) is 0 Å². The van der Waals surface area contributed by atoms with E-state index >= 15 is 0 Å². The number of amides is 1. The molecule has 15 heavy (non-hydrogen) atoms. The van der Waals surface area contributed by atoms with Crippen LogP contribution in [-0.4, -0.2) is 29.0 Å². The number of carbonyl (C=O) groups excluding carboxylic acids is 1. The zero-order valence-electron chi connectivity index (χ0n) is 8.86. The van der Waals surface area contributed by atoms with Gasteiger partial charge in [-0.1, -0.05) is 13.0 Å². The Balaban J connectivity index is 2.28. The first-order valence-corrected chi connectivity index (χ1v) is 5.33. The lowest BCUT2D eigenvalue weighted by Gasteiger charge is -2.31. The Bertz CT molecular complexity index is 383. The number of aryl methyl sites for hydroxylation is 1. The monoisotopic (exact) mass is 205 g/mol. The average molecular weight is 205 g/mol. The quantitative estimate of drug-likeness (QED) is 0.799. The van der Waals surface area contributed by atoms with E-state index in [1.807, 2.05) is 13.0 Å². The Kier molecular flexibility index (Phi) is 2.62. The van der Waals surface area contributed by atoms with Crippen LogP contribution in [0, 0.1) is 0 Å². The summed E-state index contributed by atoms with van der Waals surface area (Å²) in [5.74, 6) is 0.0400. The Morgan fingerprint density at radius 3 is 2.73 bits per heavy atom. The Morgan fingerprint density at radius 2 is 2.20 bits per heavy atom. The summed E-state index contributed by atoms with van der Waals surface area (Å²) >= 11 is 0. The molecule has 1 saturated heterocycles. The van der Waals surface area contributed by atoms with E-state index in [0.717, 1.165) is 31.5 Å². The van der Waals surface area contributed by atoms with Gasteiger partial charge in [0.2, 0.25) is 0 Å². The van der Waals surface area contributed by atoms with Crippen molar-refractivity contribution in [1.82, 2.24) is 4.90 Å². The van der Waals surface area contributed by atoms with E-state index in [1.165, 1.54) is 0 Å². The third-order valence-electron chi connectivity index (χ3n) is 2.84. The molecule has 80 valence electrons. The molecule has 0 spiro atoms. The van der Waals surface area contributed by atoms with Gasteiger partial charge in [-0.2, -0.15) is 0 Å². The van der Waals surface area contributed by atoms with Crippen LogP contribution in [0.1, 0.15) is 29.3 Å². The SMILES string of the molecule is CCc1ccc(O)c(C(=O)N2CCC2)c1. The molecule has 1 aromatic carbocycles. The smallest absolute Gasteiger partial charge is 0.257 e. The highest BCUT2D eigenvalue weighted by Crippen LogP contribution is 2.22. The number of hydrogen-bond donors (Lipinski definition) is 1. The molecule has 3 heteroatoms. The van der Waals surface area contributed by atoms with Crippen molar-refractivity contribution in [3.05, 3.63) is 29.3 Å². The molecule has 1 aliphatic rings. The van der Waals surface area contributed by atoms with Crippen LogP contribution in [0.2, 0.25) is 0 Å². The van der Waals surface area contributed by atoms with Crippen LogP contribution in [0.25, 0.3) is 0 Å². The van der Waals surface area contributed by atoms with Crippen molar-refractivity contribution in [2.75, 3.05) is 13.1 Å². The molecule has 1 fully saturated rings. The highest BCUT2D eigenvalue weighted by Gasteiger charge is 2.23. The molecule has 0 aliphatic carbocycles. The number of nitrogens with zero attached hydrogens (tertiary/aromatic N) is 1. The second-order valence-corrected chi connectivity index (χ2v) is 3.85. The maximum Gasteiger partial charge on any atom is 0.257 e. The van der Waals surface area contributed by atoms with Gasteiger partial charge in [-0.25, -0.2) is 0 Å². The Morgan fingerprint density at radius 1 is 1.47 bits per heavy atom. The molecule has 0 radical (unpaired) electrons. The van der Waals surface area contributed by atoms with Crippen LogP contribution in [0.3, 0.4) is 0 Å². The molecule has 1 N–H and O–H groups in total. The summed E-state index contributed by atoms with van der Waals surface area (Å²) in [4.78, 5) is 13.6. The first-order chi connectivity index (χ1) is 7.22. The Labute approximate surface area is 89.3 Å². The molecule has 1 heterocycles. The minimum atomic E-state index is -0.0472. The fraction of sp³-hybridized carbons (Fsp3) is 0.417. The summed E-state index contributed by atoms with van der Waals surface area (Å²) < 4.78 is 0. The summed E-state index contributed by atoms with van der Waals surface area (Å²) in [5, 5.41) is 9.62. The topological polar surface area (TPSA) is 40.5 Å². The maximum absolute atomic E-state index is 11.9. The molecule has 3 nitrogen and oxygen atoms in total. The molecule has 0 aromatic heterocycles. The average Bonchev–Trinajstić information content (AvgIpc) is 2.15. The van der Waals surface area contributed by atoms with Crippen LogP contribution in [-0.2, 0) is 6.42 Å². The molecule has 0 atom stereocenters. The standard InChI is InChI=1S/C12H15NO2/c1-2-9-4-5-11(14)10(8-9)12(15)13-6-3-7-13/h4-5,8,14H,2-3,6-7H2,1H3. The zero-order valence-corrected chi connectivity index (χ0v) is 8.86. The van der Waals surface area contributed by atoms with E-state index in [0.29, 0.717) is 5.56 Å². The maximum atomic E-state index is 11.9. The van der Waals surface area contributed by atoms with Crippen molar-refractivity contribution in [3.63, 3.8) is 0 Å². The molecule has 0 unspecified atom stereocenters. The van der Waals surface area contributed by atoms with Gasteiger partial charge in [0.25, 0.3) is 5.91 Å². The molecular formula is C12H15NO2. The number of benzene rings is 1. The second kappa shape index (κ2) is 3.93. The minimum absolute atomic E-state index is 0.0472. The summed E-state index contributed by atoms with van der Waals surface area (Å²) in [6.45, 7) is 3.66. The lowest BCUT2D eigenvalue weighted by atomic mass is 10.1. The zero-order chi connectivity index (χ0) is 10.8. The summed E-state index contributed by atoms with van der Waals surface area (Å²) in [6.07, 6.45) is 1.94. The molecule has 0 bridgehead atoms. The van der Waals surface area contributed by atoms with E-state index in [2.05, 4.69) is 0 Å². The van der Waals surface area contributed by atoms with Crippen LogP contribution >= 0.6 is 0 Å². The summed E-state index contributed by atoms with van der Waals surface area (Å²) in [7, 11) is 0. The first-order valence-electron chi connectivity index (χ1n) is 5.33. The number of phenolic OH excluding ortho intramolecular Hbond substituents is 1.